The molecule has 1 rings (SSSR count). The van der Waals surface area contributed by atoms with E-state index in [2.05, 4.69) is 24.1 Å². The first-order valence-corrected chi connectivity index (χ1v) is 6.68. The summed E-state index contributed by atoms with van der Waals surface area (Å²) in [6, 6.07) is 0. The zero-order chi connectivity index (χ0) is 11.8. The minimum absolute atomic E-state index is 0.660. The van der Waals surface area contributed by atoms with Crippen LogP contribution < -0.4 is 5.32 Å². The summed E-state index contributed by atoms with van der Waals surface area (Å²) in [7, 11) is 1.79. The molecular weight excluding hydrogens is 200 g/mol. The van der Waals surface area contributed by atoms with E-state index in [0.717, 1.165) is 19.1 Å². The van der Waals surface area contributed by atoms with E-state index in [1.54, 1.807) is 7.11 Å². The van der Waals surface area contributed by atoms with Crippen LogP contribution in [0, 0.1) is 11.8 Å². The van der Waals surface area contributed by atoms with Crippen LogP contribution in [-0.4, -0.2) is 51.3 Å². The van der Waals surface area contributed by atoms with Crippen molar-refractivity contribution in [2.75, 3.05) is 46.4 Å². The Morgan fingerprint density at radius 2 is 2.31 bits per heavy atom. The smallest absolute Gasteiger partial charge is 0.0500 e. The average molecular weight is 228 g/mol. The zero-order valence-corrected chi connectivity index (χ0v) is 11.2. The van der Waals surface area contributed by atoms with Crippen molar-refractivity contribution in [3.8, 4) is 0 Å². The minimum Gasteiger partial charge on any atom is -0.384 e. The number of ether oxygens (including phenoxy) is 1. The number of hydrogen-bond acceptors (Lipinski definition) is 3. The first kappa shape index (κ1) is 13.9. The molecular formula is C13H28N2O. The van der Waals surface area contributed by atoms with E-state index in [9.17, 15) is 0 Å². The lowest BCUT2D eigenvalue weighted by Gasteiger charge is -2.20. The summed E-state index contributed by atoms with van der Waals surface area (Å²) in [6.07, 6.45) is 2.59. The predicted octanol–water partition coefficient (Wildman–Crippen LogP) is 1.59. The number of nitrogens with one attached hydrogen (secondary N) is 1. The van der Waals surface area contributed by atoms with Crippen molar-refractivity contribution in [1.29, 1.82) is 0 Å². The third-order valence-electron chi connectivity index (χ3n) is 3.25. The van der Waals surface area contributed by atoms with Gasteiger partial charge >= 0.3 is 0 Å². The van der Waals surface area contributed by atoms with E-state index >= 15 is 0 Å². The summed E-state index contributed by atoms with van der Waals surface area (Å²) < 4.78 is 5.18. The SMILES string of the molecule is CCCNCC1CCN(CC(C)COC)C1. The summed E-state index contributed by atoms with van der Waals surface area (Å²) in [4.78, 5) is 2.59. The molecule has 0 aromatic rings. The molecule has 0 bridgehead atoms. The number of methoxy groups -OCH3 is 1. The van der Waals surface area contributed by atoms with Crippen LogP contribution in [0.4, 0.5) is 0 Å². The van der Waals surface area contributed by atoms with E-state index in [1.807, 2.05) is 0 Å². The lowest BCUT2D eigenvalue weighted by molar-refractivity contribution is 0.136. The Kier molecular flexibility index (Phi) is 7.01. The highest BCUT2D eigenvalue weighted by Gasteiger charge is 2.22. The molecule has 0 aromatic heterocycles. The standard InChI is InChI=1S/C13H28N2O/c1-4-6-14-8-13-5-7-15(10-13)9-12(2)11-16-3/h12-14H,4-11H2,1-3H3. The van der Waals surface area contributed by atoms with Crippen LogP contribution >= 0.6 is 0 Å². The van der Waals surface area contributed by atoms with Crippen molar-refractivity contribution in [3.05, 3.63) is 0 Å². The molecule has 0 aromatic carbocycles. The van der Waals surface area contributed by atoms with Crippen molar-refractivity contribution in [1.82, 2.24) is 10.2 Å². The fourth-order valence-corrected chi connectivity index (χ4v) is 2.51. The fourth-order valence-electron chi connectivity index (χ4n) is 2.51. The lowest BCUT2D eigenvalue weighted by Crippen LogP contribution is -2.30. The van der Waals surface area contributed by atoms with E-state index in [1.165, 1.54) is 39.0 Å². The van der Waals surface area contributed by atoms with E-state index in [0.29, 0.717) is 5.92 Å². The Labute approximate surface area is 101 Å². The van der Waals surface area contributed by atoms with Crippen molar-refractivity contribution in [2.24, 2.45) is 11.8 Å². The van der Waals surface area contributed by atoms with Gasteiger partial charge in [0.15, 0.2) is 0 Å². The number of hydrogen-bond donors (Lipinski definition) is 1. The molecule has 16 heavy (non-hydrogen) atoms. The highest BCUT2D eigenvalue weighted by atomic mass is 16.5. The van der Waals surface area contributed by atoms with Gasteiger partial charge in [0.2, 0.25) is 0 Å². The maximum atomic E-state index is 5.18. The fraction of sp³-hybridized carbons (Fsp3) is 1.00. The van der Waals surface area contributed by atoms with Crippen LogP contribution in [0.3, 0.4) is 0 Å². The highest BCUT2D eigenvalue weighted by Crippen LogP contribution is 2.16. The Hall–Kier alpha value is -0.120. The molecule has 1 aliphatic heterocycles. The molecule has 2 unspecified atom stereocenters. The quantitative estimate of drug-likeness (QED) is 0.639. The monoisotopic (exact) mass is 228 g/mol. The second kappa shape index (κ2) is 8.04. The molecule has 1 saturated heterocycles. The summed E-state index contributed by atoms with van der Waals surface area (Å²) in [5.74, 6) is 1.52. The average Bonchev–Trinajstić information content (AvgIpc) is 2.66. The van der Waals surface area contributed by atoms with Crippen molar-refractivity contribution < 1.29 is 4.74 Å². The van der Waals surface area contributed by atoms with Gasteiger partial charge in [-0.2, -0.15) is 0 Å². The maximum Gasteiger partial charge on any atom is 0.0500 e. The highest BCUT2D eigenvalue weighted by molar-refractivity contribution is 4.78. The van der Waals surface area contributed by atoms with Gasteiger partial charge in [-0.1, -0.05) is 13.8 Å². The summed E-state index contributed by atoms with van der Waals surface area (Å²) in [5.41, 5.74) is 0. The number of nitrogens with zero attached hydrogens (tertiary/aromatic N) is 1. The van der Waals surface area contributed by atoms with Crippen molar-refractivity contribution in [2.45, 2.75) is 26.7 Å². The van der Waals surface area contributed by atoms with Crippen molar-refractivity contribution in [3.63, 3.8) is 0 Å². The minimum atomic E-state index is 0.660. The van der Waals surface area contributed by atoms with Crippen LogP contribution in [0.1, 0.15) is 26.7 Å². The zero-order valence-electron chi connectivity index (χ0n) is 11.2. The van der Waals surface area contributed by atoms with E-state index < -0.39 is 0 Å². The van der Waals surface area contributed by atoms with Gasteiger partial charge < -0.3 is 15.0 Å². The molecule has 1 fully saturated rings. The van der Waals surface area contributed by atoms with Gasteiger partial charge in [0.05, 0.1) is 0 Å². The van der Waals surface area contributed by atoms with Crippen molar-refractivity contribution >= 4 is 0 Å². The summed E-state index contributed by atoms with van der Waals surface area (Å²) in [5, 5.41) is 3.52. The van der Waals surface area contributed by atoms with Gasteiger partial charge in [0.25, 0.3) is 0 Å². The van der Waals surface area contributed by atoms with Crippen LogP contribution in [0.2, 0.25) is 0 Å². The third kappa shape index (κ3) is 5.28. The second-order valence-electron chi connectivity index (χ2n) is 5.18. The predicted molar refractivity (Wildman–Crippen MR) is 68.7 cm³/mol. The lowest BCUT2D eigenvalue weighted by atomic mass is 10.1. The van der Waals surface area contributed by atoms with Gasteiger partial charge in [-0.05, 0) is 44.3 Å². The van der Waals surface area contributed by atoms with Gasteiger partial charge in [-0.25, -0.2) is 0 Å². The first-order valence-electron chi connectivity index (χ1n) is 6.68. The molecule has 96 valence electrons. The number of rotatable bonds is 8. The number of likely N-dealkylation sites (tertiary alicyclic amines) is 1. The molecule has 1 heterocycles. The molecule has 0 amide bonds. The van der Waals surface area contributed by atoms with Crippen LogP contribution in [-0.2, 0) is 4.74 Å². The van der Waals surface area contributed by atoms with Gasteiger partial charge in [-0.15, -0.1) is 0 Å². The molecule has 2 atom stereocenters. The van der Waals surface area contributed by atoms with Crippen LogP contribution in [0.25, 0.3) is 0 Å². The van der Waals surface area contributed by atoms with Gasteiger partial charge in [0.1, 0.15) is 0 Å². The largest absolute Gasteiger partial charge is 0.384 e. The van der Waals surface area contributed by atoms with Gasteiger partial charge in [0, 0.05) is 26.8 Å². The molecule has 0 radical (unpaired) electrons. The first-order chi connectivity index (χ1) is 7.76. The normalized spacial score (nSPS) is 23.8. The second-order valence-corrected chi connectivity index (χ2v) is 5.18. The Balaban J connectivity index is 2.09. The molecule has 1 aliphatic rings. The molecule has 3 nitrogen and oxygen atoms in total. The van der Waals surface area contributed by atoms with Gasteiger partial charge in [-0.3, -0.25) is 0 Å². The topological polar surface area (TPSA) is 24.5 Å². The Morgan fingerprint density at radius 3 is 3.00 bits per heavy atom. The maximum absolute atomic E-state index is 5.18. The van der Waals surface area contributed by atoms with E-state index in [-0.39, 0.29) is 0 Å². The summed E-state index contributed by atoms with van der Waals surface area (Å²) >= 11 is 0. The molecule has 3 heteroatoms. The Bertz CT molecular complexity index is 175. The molecule has 0 aliphatic carbocycles. The van der Waals surface area contributed by atoms with Crippen LogP contribution in [0.15, 0.2) is 0 Å². The van der Waals surface area contributed by atoms with Crippen LogP contribution in [0.5, 0.6) is 0 Å². The summed E-state index contributed by atoms with van der Waals surface area (Å²) in [6.45, 7) is 11.5. The third-order valence-corrected chi connectivity index (χ3v) is 3.25. The Morgan fingerprint density at radius 1 is 1.50 bits per heavy atom. The molecule has 1 N–H and O–H groups in total. The molecule has 0 saturated carbocycles. The molecule has 0 spiro atoms. The van der Waals surface area contributed by atoms with E-state index in [4.69, 9.17) is 4.74 Å².